The maximum absolute atomic E-state index is 12.5. The van der Waals surface area contributed by atoms with Crippen LogP contribution >= 0.6 is 27.3 Å². The molecule has 3 aromatic rings. The van der Waals surface area contributed by atoms with E-state index in [1.54, 1.807) is 17.5 Å². The average Bonchev–Trinajstić information content (AvgIpc) is 3.07. The SMILES string of the molecule is CCCc1ccc(C(=O)Nc2csc(-c3ccc(Br)cc3)c2C(=O)O)cc1. The van der Waals surface area contributed by atoms with E-state index in [-0.39, 0.29) is 11.5 Å². The monoisotopic (exact) mass is 443 g/mol. The number of rotatable bonds is 6. The lowest BCUT2D eigenvalue weighted by Crippen LogP contribution is -2.14. The second kappa shape index (κ2) is 8.50. The molecule has 1 aromatic heterocycles. The van der Waals surface area contributed by atoms with E-state index in [0.717, 1.165) is 22.9 Å². The van der Waals surface area contributed by atoms with E-state index in [9.17, 15) is 14.7 Å². The number of carboxylic acid groups (broad SMARTS) is 1. The van der Waals surface area contributed by atoms with Crippen LogP contribution in [0.5, 0.6) is 0 Å². The Morgan fingerprint density at radius 3 is 2.33 bits per heavy atom. The topological polar surface area (TPSA) is 66.4 Å². The van der Waals surface area contributed by atoms with Crippen LogP contribution in [0.15, 0.2) is 58.4 Å². The van der Waals surface area contributed by atoms with Crippen molar-refractivity contribution in [2.45, 2.75) is 19.8 Å². The minimum Gasteiger partial charge on any atom is -0.478 e. The number of thiophene rings is 1. The van der Waals surface area contributed by atoms with Gasteiger partial charge in [-0.3, -0.25) is 4.79 Å². The average molecular weight is 444 g/mol. The quantitative estimate of drug-likeness (QED) is 0.484. The number of benzene rings is 2. The molecule has 0 atom stereocenters. The zero-order valence-corrected chi connectivity index (χ0v) is 17.1. The molecule has 0 radical (unpaired) electrons. The number of aryl methyl sites for hydroxylation is 1. The minimum atomic E-state index is -1.07. The second-order valence-electron chi connectivity index (χ2n) is 6.07. The molecule has 138 valence electrons. The van der Waals surface area contributed by atoms with E-state index in [4.69, 9.17) is 0 Å². The maximum atomic E-state index is 12.5. The second-order valence-corrected chi connectivity index (χ2v) is 7.86. The molecule has 2 N–H and O–H groups in total. The highest BCUT2D eigenvalue weighted by Crippen LogP contribution is 2.36. The third kappa shape index (κ3) is 4.46. The molecule has 6 heteroatoms. The number of hydrogen-bond donors (Lipinski definition) is 2. The van der Waals surface area contributed by atoms with Crippen LogP contribution < -0.4 is 5.32 Å². The summed E-state index contributed by atoms with van der Waals surface area (Å²) in [4.78, 5) is 25.0. The van der Waals surface area contributed by atoms with Crippen LogP contribution in [-0.4, -0.2) is 17.0 Å². The third-order valence-corrected chi connectivity index (χ3v) is 5.67. The molecule has 0 aliphatic carbocycles. The van der Waals surface area contributed by atoms with Crippen molar-refractivity contribution in [3.63, 3.8) is 0 Å². The largest absolute Gasteiger partial charge is 0.478 e. The smallest absolute Gasteiger partial charge is 0.339 e. The van der Waals surface area contributed by atoms with Crippen molar-refractivity contribution >= 4 is 44.8 Å². The number of halogens is 1. The Kier molecular flexibility index (Phi) is 6.08. The van der Waals surface area contributed by atoms with Gasteiger partial charge < -0.3 is 10.4 Å². The minimum absolute atomic E-state index is 0.110. The molecule has 4 nitrogen and oxygen atoms in total. The fraction of sp³-hybridized carbons (Fsp3) is 0.143. The summed E-state index contributed by atoms with van der Waals surface area (Å²) in [5.41, 5.74) is 2.90. The number of anilines is 1. The number of carbonyl (C=O) groups is 2. The fourth-order valence-electron chi connectivity index (χ4n) is 2.78. The van der Waals surface area contributed by atoms with E-state index < -0.39 is 5.97 Å². The highest BCUT2D eigenvalue weighted by Gasteiger charge is 2.21. The van der Waals surface area contributed by atoms with Gasteiger partial charge in [0.15, 0.2) is 0 Å². The maximum Gasteiger partial charge on any atom is 0.339 e. The van der Waals surface area contributed by atoms with Gasteiger partial charge in [-0.25, -0.2) is 4.79 Å². The Bertz CT molecular complexity index is 962. The predicted molar refractivity (Wildman–Crippen MR) is 113 cm³/mol. The van der Waals surface area contributed by atoms with E-state index in [0.29, 0.717) is 16.1 Å². The fourth-order valence-corrected chi connectivity index (χ4v) is 4.05. The van der Waals surface area contributed by atoms with Gasteiger partial charge in [-0.2, -0.15) is 0 Å². The van der Waals surface area contributed by atoms with Crippen LogP contribution in [0.3, 0.4) is 0 Å². The lowest BCUT2D eigenvalue weighted by molar-refractivity contribution is 0.0699. The van der Waals surface area contributed by atoms with Gasteiger partial charge in [0.1, 0.15) is 5.56 Å². The standard InChI is InChI=1S/C21H18BrNO3S/c1-2-3-13-4-6-15(7-5-13)20(24)23-17-12-27-19(18(17)21(25)26)14-8-10-16(22)11-9-14/h4-12H,2-3H2,1H3,(H,23,24)(H,25,26). The Labute approximate surface area is 170 Å². The Balaban J connectivity index is 1.87. The van der Waals surface area contributed by atoms with Crippen LogP contribution in [0, 0.1) is 0 Å². The van der Waals surface area contributed by atoms with E-state index in [2.05, 4.69) is 28.2 Å². The number of carboxylic acids is 1. The van der Waals surface area contributed by atoms with Crippen LogP contribution in [0.25, 0.3) is 10.4 Å². The van der Waals surface area contributed by atoms with Gasteiger partial charge in [-0.1, -0.05) is 53.5 Å². The highest BCUT2D eigenvalue weighted by atomic mass is 79.9. The molecule has 0 spiro atoms. The van der Waals surface area contributed by atoms with Crippen LogP contribution in [0.1, 0.15) is 39.6 Å². The Hall–Kier alpha value is -2.44. The van der Waals surface area contributed by atoms with Gasteiger partial charge in [0.25, 0.3) is 5.91 Å². The molecule has 3 rings (SSSR count). The van der Waals surface area contributed by atoms with Crippen molar-refractivity contribution in [3.05, 3.63) is 75.1 Å². The zero-order valence-electron chi connectivity index (χ0n) is 14.7. The number of carbonyl (C=O) groups excluding carboxylic acids is 1. The van der Waals surface area contributed by atoms with Crippen molar-refractivity contribution in [3.8, 4) is 10.4 Å². The molecule has 0 saturated heterocycles. The summed E-state index contributed by atoms with van der Waals surface area (Å²) in [6.45, 7) is 2.10. The van der Waals surface area contributed by atoms with Crippen molar-refractivity contribution in [2.24, 2.45) is 0 Å². The third-order valence-electron chi connectivity index (χ3n) is 4.11. The summed E-state index contributed by atoms with van der Waals surface area (Å²) in [5.74, 6) is -1.39. The van der Waals surface area contributed by atoms with E-state index in [1.807, 2.05) is 36.4 Å². The first kappa shape index (κ1) is 19.3. The first-order chi connectivity index (χ1) is 13.0. The lowest BCUT2D eigenvalue weighted by Gasteiger charge is -2.07. The molecule has 1 heterocycles. The number of aromatic carboxylic acids is 1. The Morgan fingerprint density at radius 2 is 1.74 bits per heavy atom. The predicted octanol–water partition coefficient (Wildman–Crippen LogP) is 6.08. The highest BCUT2D eigenvalue weighted by molar-refractivity contribution is 9.10. The van der Waals surface area contributed by atoms with Crippen molar-refractivity contribution in [2.75, 3.05) is 5.32 Å². The Morgan fingerprint density at radius 1 is 1.07 bits per heavy atom. The number of amides is 1. The summed E-state index contributed by atoms with van der Waals surface area (Å²) in [6, 6.07) is 14.8. The van der Waals surface area contributed by atoms with Crippen LogP contribution in [-0.2, 0) is 6.42 Å². The molecule has 27 heavy (non-hydrogen) atoms. The number of hydrogen-bond acceptors (Lipinski definition) is 3. The van der Waals surface area contributed by atoms with Crippen molar-refractivity contribution in [1.82, 2.24) is 0 Å². The molecule has 0 saturated carbocycles. The van der Waals surface area contributed by atoms with Crippen LogP contribution in [0.2, 0.25) is 0 Å². The summed E-state index contributed by atoms with van der Waals surface area (Å²) < 4.78 is 0.916. The molecule has 0 unspecified atom stereocenters. The van der Waals surface area contributed by atoms with Gasteiger partial charge in [-0.15, -0.1) is 11.3 Å². The molecule has 0 aliphatic heterocycles. The van der Waals surface area contributed by atoms with Gasteiger partial charge in [-0.05, 0) is 41.8 Å². The van der Waals surface area contributed by atoms with Gasteiger partial charge in [0.05, 0.1) is 10.6 Å². The molecular weight excluding hydrogens is 426 g/mol. The summed E-state index contributed by atoms with van der Waals surface area (Å²) in [6.07, 6.45) is 2.01. The van der Waals surface area contributed by atoms with Crippen LogP contribution in [0.4, 0.5) is 5.69 Å². The van der Waals surface area contributed by atoms with Gasteiger partial charge >= 0.3 is 5.97 Å². The van der Waals surface area contributed by atoms with E-state index >= 15 is 0 Å². The molecule has 1 amide bonds. The zero-order chi connectivity index (χ0) is 19.4. The molecule has 0 bridgehead atoms. The normalized spacial score (nSPS) is 10.6. The van der Waals surface area contributed by atoms with E-state index in [1.165, 1.54) is 16.9 Å². The van der Waals surface area contributed by atoms with Gasteiger partial charge in [0, 0.05) is 15.4 Å². The summed E-state index contributed by atoms with van der Waals surface area (Å²) >= 11 is 4.67. The van der Waals surface area contributed by atoms with Crippen molar-refractivity contribution < 1.29 is 14.7 Å². The molecule has 0 fully saturated rings. The van der Waals surface area contributed by atoms with Gasteiger partial charge in [0.2, 0.25) is 0 Å². The number of nitrogens with one attached hydrogen (secondary N) is 1. The molecular formula is C21H18BrNO3S. The molecule has 2 aromatic carbocycles. The first-order valence-corrected chi connectivity index (χ1v) is 10.2. The lowest BCUT2D eigenvalue weighted by atomic mass is 10.1. The summed E-state index contributed by atoms with van der Waals surface area (Å²) in [5, 5.41) is 14.1. The first-order valence-electron chi connectivity index (χ1n) is 8.50. The summed E-state index contributed by atoms with van der Waals surface area (Å²) in [7, 11) is 0. The molecule has 0 aliphatic rings. The van der Waals surface area contributed by atoms with Crippen molar-refractivity contribution in [1.29, 1.82) is 0 Å².